The molecule has 154 valence electrons. The molecule has 1 aromatic carbocycles. The van der Waals surface area contributed by atoms with Gasteiger partial charge in [-0.05, 0) is 51.8 Å². The van der Waals surface area contributed by atoms with Gasteiger partial charge in [-0.2, -0.15) is 0 Å². The zero-order valence-electron chi connectivity index (χ0n) is 17.3. The molecule has 1 aromatic heterocycles. The van der Waals surface area contributed by atoms with Crippen LogP contribution in [0.2, 0.25) is 0 Å². The van der Waals surface area contributed by atoms with E-state index in [2.05, 4.69) is 19.9 Å². The highest BCUT2D eigenvalue weighted by atomic mass is 16.5. The van der Waals surface area contributed by atoms with Gasteiger partial charge in [0.2, 0.25) is 5.91 Å². The van der Waals surface area contributed by atoms with E-state index in [9.17, 15) is 4.79 Å². The van der Waals surface area contributed by atoms with E-state index in [0.717, 1.165) is 35.2 Å². The van der Waals surface area contributed by atoms with Crippen molar-refractivity contribution in [3.8, 4) is 5.75 Å². The molecule has 1 saturated heterocycles. The molecule has 2 heterocycles. The monoisotopic (exact) mass is 395 g/mol. The standard InChI is InChI=1S/C22H29N5O2/c1-13(2)24-7-6-18(23)15-8-19-22(27(12-26-19)17-4-5-17)20(9-15)29-14(3)16-10-21(28)25-11-16/h6-9,12-14,16-17H,4-5,10-11,23H2,1-3H3,(H,25,28)/t14-,16-/m1/s1. The molecule has 1 aliphatic carbocycles. The topological polar surface area (TPSA) is 94.5 Å². The summed E-state index contributed by atoms with van der Waals surface area (Å²) in [5.41, 5.74) is 9.67. The van der Waals surface area contributed by atoms with Gasteiger partial charge >= 0.3 is 0 Å². The number of nitrogens with zero attached hydrogens (tertiary/aromatic N) is 3. The molecule has 4 rings (SSSR count). The van der Waals surface area contributed by atoms with Gasteiger partial charge in [0.25, 0.3) is 0 Å². The van der Waals surface area contributed by atoms with E-state index in [4.69, 9.17) is 10.5 Å². The third-order valence-electron chi connectivity index (χ3n) is 5.53. The maximum Gasteiger partial charge on any atom is 0.220 e. The SMILES string of the molecule is CC(C)N=CC=C(N)c1cc(O[C@H](C)[C@H]2CNC(=O)C2)c2c(c1)ncn2C1CC1. The van der Waals surface area contributed by atoms with Crippen molar-refractivity contribution < 1.29 is 9.53 Å². The molecule has 2 atom stereocenters. The Bertz CT molecular complexity index is 971. The van der Waals surface area contributed by atoms with Crippen molar-refractivity contribution in [2.45, 2.75) is 58.2 Å². The predicted molar refractivity (Wildman–Crippen MR) is 115 cm³/mol. The van der Waals surface area contributed by atoms with E-state index < -0.39 is 0 Å². The minimum atomic E-state index is -0.0948. The molecule has 1 saturated carbocycles. The first-order valence-electron chi connectivity index (χ1n) is 10.4. The lowest BCUT2D eigenvalue weighted by Crippen LogP contribution is -2.26. The Kier molecular flexibility index (Phi) is 5.30. The molecule has 1 amide bonds. The molecule has 7 nitrogen and oxygen atoms in total. The van der Waals surface area contributed by atoms with Crippen LogP contribution in [0.5, 0.6) is 5.75 Å². The molecule has 2 fully saturated rings. The second kappa shape index (κ2) is 7.89. The van der Waals surface area contributed by atoms with Crippen LogP contribution in [0, 0.1) is 5.92 Å². The fourth-order valence-electron chi connectivity index (χ4n) is 3.67. The first kappa shape index (κ1) is 19.5. The highest BCUT2D eigenvalue weighted by Gasteiger charge is 2.30. The normalized spacial score (nSPS) is 21.3. The van der Waals surface area contributed by atoms with Gasteiger partial charge in [-0.15, -0.1) is 0 Å². The number of amides is 1. The number of rotatable bonds is 7. The molecule has 1 aliphatic heterocycles. The highest BCUT2D eigenvalue weighted by molar-refractivity contribution is 5.90. The second-order valence-electron chi connectivity index (χ2n) is 8.33. The van der Waals surface area contributed by atoms with Gasteiger partial charge in [-0.25, -0.2) is 4.98 Å². The van der Waals surface area contributed by atoms with Crippen LogP contribution in [0.4, 0.5) is 0 Å². The number of carbonyl (C=O) groups is 1. The van der Waals surface area contributed by atoms with Gasteiger partial charge in [0.15, 0.2) is 0 Å². The van der Waals surface area contributed by atoms with E-state index in [1.165, 1.54) is 0 Å². The average molecular weight is 396 g/mol. The van der Waals surface area contributed by atoms with Crippen LogP contribution in [0.1, 0.15) is 51.6 Å². The summed E-state index contributed by atoms with van der Waals surface area (Å²) in [4.78, 5) is 20.6. The molecule has 2 aliphatic rings. The fraction of sp³-hybridized carbons (Fsp3) is 0.500. The molecular weight excluding hydrogens is 366 g/mol. The zero-order chi connectivity index (χ0) is 20.5. The lowest BCUT2D eigenvalue weighted by atomic mass is 10.0. The minimum absolute atomic E-state index is 0.0870. The molecule has 0 bridgehead atoms. The number of hydrogen-bond acceptors (Lipinski definition) is 5. The van der Waals surface area contributed by atoms with Crippen molar-refractivity contribution >= 4 is 28.9 Å². The van der Waals surface area contributed by atoms with Crippen LogP contribution in [-0.4, -0.2) is 40.4 Å². The number of hydrogen-bond donors (Lipinski definition) is 2. The maximum absolute atomic E-state index is 11.6. The van der Waals surface area contributed by atoms with E-state index >= 15 is 0 Å². The first-order chi connectivity index (χ1) is 13.9. The van der Waals surface area contributed by atoms with E-state index in [0.29, 0.717) is 24.7 Å². The molecule has 0 radical (unpaired) electrons. The minimum Gasteiger partial charge on any atom is -0.488 e. The van der Waals surface area contributed by atoms with Crippen LogP contribution in [0.25, 0.3) is 16.7 Å². The smallest absolute Gasteiger partial charge is 0.220 e. The summed E-state index contributed by atoms with van der Waals surface area (Å²) >= 11 is 0. The number of aliphatic imine (C=N–C) groups is 1. The Balaban J connectivity index is 1.69. The van der Waals surface area contributed by atoms with Gasteiger partial charge in [-0.1, -0.05) is 0 Å². The van der Waals surface area contributed by atoms with Gasteiger partial charge in [0, 0.05) is 48.4 Å². The number of nitrogens with one attached hydrogen (secondary N) is 1. The summed E-state index contributed by atoms with van der Waals surface area (Å²) in [7, 11) is 0. The molecular formula is C22H29N5O2. The Morgan fingerprint density at radius 1 is 1.38 bits per heavy atom. The number of imidazole rings is 1. The number of ether oxygens (including phenoxy) is 1. The number of fused-ring (bicyclic) bond motifs is 1. The van der Waals surface area contributed by atoms with Crippen LogP contribution in [-0.2, 0) is 4.79 Å². The summed E-state index contributed by atoms with van der Waals surface area (Å²) in [5.74, 6) is 1.01. The predicted octanol–water partition coefficient (Wildman–Crippen LogP) is 3.05. The zero-order valence-corrected chi connectivity index (χ0v) is 17.3. The first-order valence-corrected chi connectivity index (χ1v) is 10.4. The molecule has 0 unspecified atom stereocenters. The molecule has 7 heteroatoms. The van der Waals surface area contributed by atoms with Crippen LogP contribution < -0.4 is 15.8 Å². The molecule has 29 heavy (non-hydrogen) atoms. The number of benzene rings is 1. The summed E-state index contributed by atoms with van der Waals surface area (Å²) in [5, 5.41) is 2.89. The second-order valence-corrected chi connectivity index (χ2v) is 8.33. The van der Waals surface area contributed by atoms with Crippen LogP contribution in [0.15, 0.2) is 29.5 Å². The van der Waals surface area contributed by atoms with Gasteiger partial charge in [0.05, 0.1) is 11.8 Å². The van der Waals surface area contributed by atoms with E-state index in [1.807, 2.05) is 45.3 Å². The van der Waals surface area contributed by atoms with Gasteiger partial charge < -0.3 is 20.4 Å². The lowest BCUT2D eigenvalue weighted by molar-refractivity contribution is -0.119. The Hall–Kier alpha value is -2.83. The number of nitrogens with two attached hydrogens (primary N) is 1. The maximum atomic E-state index is 11.6. The molecule has 2 aromatic rings. The Labute approximate surface area is 171 Å². The average Bonchev–Trinajstić information content (AvgIpc) is 3.27. The number of allylic oxidation sites excluding steroid dienone is 1. The van der Waals surface area contributed by atoms with Crippen molar-refractivity contribution in [1.29, 1.82) is 0 Å². The van der Waals surface area contributed by atoms with Gasteiger partial charge in [-0.3, -0.25) is 9.79 Å². The molecule has 3 N–H and O–H groups in total. The number of aromatic nitrogens is 2. The summed E-state index contributed by atoms with van der Waals surface area (Å²) in [6, 6.07) is 4.70. The van der Waals surface area contributed by atoms with Crippen molar-refractivity contribution in [2.75, 3.05) is 6.54 Å². The number of carbonyl (C=O) groups excluding carboxylic acids is 1. The third-order valence-corrected chi connectivity index (χ3v) is 5.53. The lowest BCUT2D eigenvalue weighted by Gasteiger charge is -2.21. The third kappa shape index (κ3) is 4.28. The van der Waals surface area contributed by atoms with Gasteiger partial charge in [0.1, 0.15) is 17.4 Å². The molecule has 0 spiro atoms. The van der Waals surface area contributed by atoms with Crippen molar-refractivity contribution in [1.82, 2.24) is 14.9 Å². The Morgan fingerprint density at radius 3 is 2.83 bits per heavy atom. The summed E-state index contributed by atoms with van der Waals surface area (Å²) < 4.78 is 8.61. The highest BCUT2D eigenvalue weighted by Crippen LogP contribution is 2.40. The van der Waals surface area contributed by atoms with Crippen LogP contribution >= 0.6 is 0 Å². The Morgan fingerprint density at radius 2 is 2.17 bits per heavy atom. The summed E-state index contributed by atoms with van der Waals surface area (Å²) in [6.45, 7) is 6.72. The van der Waals surface area contributed by atoms with Crippen molar-refractivity contribution in [3.63, 3.8) is 0 Å². The van der Waals surface area contributed by atoms with E-state index in [1.54, 1.807) is 6.21 Å². The van der Waals surface area contributed by atoms with Crippen molar-refractivity contribution in [2.24, 2.45) is 16.6 Å². The van der Waals surface area contributed by atoms with Crippen molar-refractivity contribution in [3.05, 3.63) is 30.1 Å². The quantitative estimate of drug-likeness (QED) is 0.705. The fourth-order valence-corrected chi connectivity index (χ4v) is 3.67. The van der Waals surface area contributed by atoms with E-state index in [-0.39, 0.29) is 24.0 Å². The van der Waals surface area contributed by atoms with Crippen LogP contribution in [0.3, 0.4) is 0 Å². The summed E-state index contributed by atoms with van der Waals surface area (Å²) in [6.07, 6.45) is 8.18. The largest absolute Gasteiger partial charge is 0.488 e.